The van der Waals surface area contributed by atoms with Crippen molar-refractivity contribution in [2.45, 2.75) is 57.5 Å². The minimum Gasteiger partial charge on any atom is -0.469 e. The lowest BCUT2D eigenvalue weighted by Crippen LogP contribution is -2.36. The first-order valence-electron chi connectivity index (χ1n) is 12.1. The number of aromatic nitrogens is 3. The summed E-state index contributed by atoms with van der Waals surface area (Å²) < 4.78 is 17.9. The van der Waals surface area contributed by atoms with Crippen LogP contribution in [0.4, 0.5) is 10.2 Å². The quantitative estimate of drug-likeness (QED) is 0.532. The number of imidazole rings is 1. The summed E-state index contributed by atoms with van der Waals surface area (Å²) in [5.41, 5.74) is 2.27. The SMILES string of the molecule is COC(=O)CC1CCCCC1.OC1CCN(c2ccc(-c3nc4ccc(F)cc4[nH]3)cn2)CC1. The van der Waals surface area contributed by atoms with Gasteiger partial charge in [0.05, 0.1) is 24.2 Å². The Hall–Kier alpha value is -3.00. The normalized spacial score (nSPS) is 17.3. The van der Waals surface area contributed by atoms with Crippen LogP contribution >= 0.6 is 0 Å². The number of halogens is 1. The lowest BCUT2D eigenvalue weighted by Gasteiger charge is -2.30. The molecule has 0 radical (unpaired) electrons. The molecule has 0 amide bonds. The van der Waals surface area contributed by atoms with Gasteiger partial charge in [0.2, 0.25) is 0 Å². The molecule has 1 saturated carbocycles. The average molecular weight is 469 g/mol. The Labute approximate surface area is 199 Å². The molecule has 7 nitrogen and oxygen atoms in total. The van der Waals surface area contributed by atoms with E-state index in [1.165, 1.54) is 51.3 Å². The van der Waals surface area contributed by atoms with Crippen molar-refractivity contribution < 1.29 is 19.0 Å². The highest BCUT2D eigenvalue weighted by Gasteiger charge is 2.18. The maximum Gasteiger partial charge on any atom is 0.305 e. The lowest BCUT2D eigenvalue weighted by molar-refractivity contribution is -0.141. The van der Waals surface area contributed by atoms with E-state index < -0.39 is 0 Å². The number of aliphatic hydroxyl groups excluding tert-OH is 1. The Balaban J connectivity index is 0.000000210. The van der Waals surface area contributed by atoms with E-state index in [-0.39, 0.29) is 17.9 Å². The third kappa shape index (κ3) is 6.32. The Morgan fingerprint density at radius 2 is 1.91 bits per heavy atom. The van der Waals surface area contributed by atoms with E-state index in [0.29, 0.717) is 23.7 Å². The predicted molar refractivity (Wildman–Crippen MR) is 130 cm³/mol. The molecule has 3 heterocycles. The smallest absolute Gasteiger partial charge is 0.305 e. The van der Waals surface area contributed by atoms with Crippen molar-refractivity contribution in [3.8, 4) is 11.4 Å². The molecule has 0 bridgehead atoms. The number of nitrogens with zero attached hydrogens (tertiary/aromatic N) is 3. The van der Waals surface area contributed by atoms with Crippen LogP contribution < -0.4 is 4.90 Å². The van der Waals surface area contributed by atoms with Gasteiger partial charge >= 0.3 is 5.97 Å². The van der Waals surface area contributed by atoms with Crippen molar-refractivity contribution >= 4 is 22.8 Å². The van der Waals surface area contributed by atoms with Crippen molar-refractivity contribution in [2.75, 3.05) is 25.1 Å². The molecule has 0 spiro atoms. The molecule has 0 unspecified atom stereocenters. The highest BCUT2D eigenvalue weighted by Crippen LogP contribution is 2.26. The molecule has 2 fully saturated rings. The molecule has 34 heavy (non-hydrogen) atoms. The number of ether oxygens (including phenoxy) is 1. The van der Waals surface area contributed by atoms with E-state index in [9.17, 15) is 14.3 Å². The number of pyridine rings is 1. The van der Waals surface area contributed by atoms with E-state index in [0.717, 1.165) is 42.8 Å². The number of hydrogen-bond donors (Lipinski definition) is 2. The average Bonchev–Trinajstić information content (AvgIpc) is 3.29. The van der Waals surface area contributed by atoms with Crippen LogP contribution in [0.1, 0.15) is 51.4 Å². The predicted octanol–water partition coefficient (Wildman–Crippen LogP) is 4.85. The number of aromatic amines is 1. The van der Waals surface area contributed by atoms with Crippen LogP contribution in [0, 0.1) is 11.7 Å². The molecule has 8 heteroatoms. The summed E-state index contributed by atoms with van der Waals surface area (Å²) in [6, 6.07) is 8.42. The largest absolute Gasteiger partial charge is 0.469 e. The molecule has 1 saturated heterocycles. The number of methoxy groups -OCH3 is 1. The number of rotatable bonds is 4. The number of hydrogen-bond acceptors (Lipinski definition) is 6. The number of anilines is 1. The number of benzene rings is 1. The summed E-state index contributed by atoms with van der Waals surface area (Å²) in [6.07, 6.45) is 10.1. The number of fused-ring (bicyclic) bond motifs is 1. The van der Waals surface area contributed by atoms with Crippen molar-refractivity contribution in [2.24, 2.45) is 5.92 Å². The molecule has 1 aliphatic heterocycles. The molecule has 1 aromatic carbocycles. The van der Waals surface area contributed by atoms with Crippen LogP contribution in [0.2, 0.25) is 0 Å². The Morgan fingerprint density at radius 3 is 2.59 bits per heavy atom. The molecule has 2 N–H and O–H groups in total. The first-order valence-corrected chi connectivity index (χ1v) is 12.1. The maximum atomic E-state index is 13.3. The summed E-state index contributed by atoms with van der Waals surface area (Å²) in [6.45, 7) is 1.63. The zero-order chi connectivity index (χ0) is 23.9. The Bertz CT molecular complexity index is 1070. The third-order valence-electron chi connectivity index (χ3n) is 6.66. The van der Waals surface area contributed by atoms with Crippen LogP contribution in [-0.4, -0.2) is 52.3 Å². The van der Waals surface area contributed by atoms with Gasteiger partial charge in [-0.3, -0.25) is 4.79 Å². The second-order valence-corrected chi connectivity index (χ2v) is 9.15. The second-order valence-electron chi connectivity index (χ2n) is 9.15. The van der Waals surface area contributed by atoms with Gasteiger partial charge < -0.3 is 19.7 Å². The van der Waals surface area contributed by atoms with Crippen molar-refractivity contribution in [3.63, 3.8) is 0 Å². The molecular formula is C26H33FN4O3. The molecular weight excluding hydrogens is 435 g/mol. The lowest BCUT2D eigenvalue weighted by atomic mass is 9.87. The monoisotopic (exact) mass is 468 g/mol. The van der Waals surface area contributed by atoms with Crippen molar-refractivity contribution in [1.29, 1.82) is 0 Å². The van der Waals surface area contributed by atoms with Gasteiger partial charge in [-0.15, -0.1) is 0 Å². The van der Waals surface area contributed by atoms with E-state index in [1.54, 1.807) is 12.3 Å². The summed E-state index contributed by atoms with van der Waals surface area (Å²) >= 11 is 0. The van der Waals surface area contributed by atoms with Gasteiger partial charge in [0.15, 0.2) is 0 Å². The number of aliphatic hydroxyl groups is 1. The molecule has 2 aromatic heterocycles. The Morgan fingerprint density at radius 1 is 1.15 bits per heavy atom. The highest BCUT2D eigenvalue weighted by molar-refractivity contribution is 5.79. The molecule has 2 aliphatic rings. The van der Waals surface area contributed by atoms with Crippen LogP contribution in [0.3, 0.4) is 0 Å². The first kappa shape index (κ1) is 24.1. The van der Waals surface area contributed by atoms with Gasteiger partial charge in [0.1, 0.15) is 17.5 Å². The van der Waals surface area contributed by atoms with Gasteiger partial charge in [0, 0.05) is 31.3 Å². The number of carbonyl (C=O) groups is 1. The molecule has 182 valence electrons. The fourth-order valence-electron chi connectivity index (χ4n) is 4.64. The summed E-state index contributed by atoms with van der Waals surface area (Å²) in [4.78, 5) is 25.1. The minimum atomic E-state index is -0.284. The number of H-pyrrole nitrogens is 1. The third-order valence-corrected chi connectivity index (χ3v) is 6.66. The number of esters is 1. The zero-order valence-electron chi connectivity index (χ0n) is 19.7. The highest BCUT2D eigenvalue weighted by atomic mass is 19.1. The topological polar surface area (TPSA) is 91.3 Å². The van der Waals surface area contributed by atoms with Gasteiger partial charge in [0.25, 0.3) is 0 Å². The molecule has 3 aromatic rings. The number of nitrogens with one attached hydrogen (secondary N) is 1. The van der Waals surface area contributed by atoms with E-state index in [2.05, 4.69) is 24.6 Å². The van der Waals surface area contributed by atoms with E-state index in [4.69, 9.17) is 0 Å². The van der Waals surface area contributed by atoms with Gasteiger partial charge in [-0.25, -0.2) is 14.4 Å². The molecule has 1 aliphatic carbocycles. The van der Waals surface area contributed by atoms with Crippen LogP contribution in [0.5, 0.6) is 0 Å². The van der Waals surface area contributed by atoms with Gasteiger partial charge in [-0.2, -0.15) is 0 Å². The van der Waals surface area contributed by atoms with Crippen LogP contribution in [0.15, 0.2) is 36.5 Å². The van der Waals surface area contributed by atoms with Crippen LogP contribution in [0.25, 0.3) is 22.4 Å². The minimum absolute atomic E-state index is 0.0445. The number of carbonyl (C=O) groups excluding carboxylic acids is 1. The fraction of sp³-hybridized carbons (Fsp3) is 0.500. The van der Waals surface area contributed by atoms with Gasteiger partial charge in [-0.05, 0) is 61.9 Å². The zero-order valence-corrected chi connectivity index (χ0v) is 19.7. The standard InChI is InChI=1S/C17H17FN4O.C9H16O2/c18-12-2-3-14-15(9-12)21-17(20-14)11-1-4-16(19-10-11)22-7-5-13(23)6-8-22;1-11-9(10)7-8-5-3-2-4-6-8/h1-4,9-10,13,23H,5-8H2,(H,20,21);8H,2-7H2,1H3. The maximum absolute atomic E-state index is 13.3. The van der Waals surface area contributed by atoms with Crippen molar-refractivity contribution in [3.05, 3.63) is 42.3 Å². The molecule has 5 rings (SSSR count). The Kier molecular flexibility index (Phi) is 8.11. The first-order chi connectivity index (χ1) is 16.5. The summed E-state index contributed by atoms with van der Waals surface area (Å²) in [5, 5.41) is 9.57. The van der Waals surface area contributed by atoms with E-state index in [1.807, 2.05) is 12.1 Å². The van der Waals surface area contributed by atoms with E-state index >= 15 is 0 Å². The van der Waals surface area contributed by atoms with Crippen LogP contribution in [-0.2, 0) is 9.53 Å². The molecule has 0 atom stereocenters. The second kappa shape index (κ2) is 11.4. The fourth-order valence-corrected chi connectivity index (χ4v) is 4.64. The summed E-state index contributed by atoms with van der Waals surface area (Å²) in [7, 11) is 1.46. The summed E-state index contributed by atoms with van der Waals surface area (Å²) in [5.74, 6) is 1.86. The number of piperidine rings is 1. The van der Waals surface area contributed by atoms with Crippen molar-refractivity contribution in [1.82, 2.24) is 15.0 Å². The van der Waals surface area contributed by atoms with Gasteiger partial charge in [-0.1, -0.05) is 19.3 Å².